The zero-order chi connectivity index (χ0) is 38.1. The van der Waals surface area contributed by atoms with Crippen LogP contribution in [0.2, 0.25) is 0 Å². The summed E-state index contributed by atoms with van der Waals surface area (Å²) in [5.41, 5.74) is 18.0. The fourth-order valence-corrected chi connectivity index (χ4v) is 11.4. The van der Waals surface area contributed by atoms with E-state index in [4.69, 9.17) is 4.42 Å². The number of para-hydroxylation sites is 2. The highest BCUT2D eigenvalue weighted by molar-refractivity contribution is 6.94. The molecule has 0 spiro atoms. The van der Waals surface area contributed by atoms with E-state index in [1.807, 2.05) is 0 Å². The number of benzene rings is 8. The number of furan rings is 1. The fraction of sp³-hybridized carbons (Fsp3) is 0.170. The second-order valence-electron chi connectivity index (χ2n) is 18.4. The first kappa shape index (κ1) is 31.9. The van der Waals surface area contributed by atoms with Crippen LogP contribution in [-0.2, 0) is 10.8 Å². The zero-order valence-corrected chi connectivity index (χ0v) is 33.0. The lowest BCUT2D eigenvalue weighted by Gasteiger charge is -2.46. The van der Waals surface area contributed by atoms with Gasteiger partial charge < -0.3 is 13.8 Å². The molecule has 4 heteroatoms. The van der Waals surface area contributed by atoms with E-state index in [1.54, 1.807) is 0 Å². The molecule has 57 heavy (non-hydrogen) atoms. The van der Waals surface area contributed by atoms with Crippen molar-refractivity contribution in [3.8, 4) is 16.8 Å². The van der Waals surface area contributed by atoms with Crippen LogP contribution in [0.1, 0.15) is 57.2 Å². The Bertz CT molecular complexity index is 3450. The molecule has 13 rings (SSSR count). The van der Waals surface area contributed by atoms with Gasteiger partial charge in [0.2, 0.25) is 0 Å². The number of hydrogen-bond acceptors (Lipinski definition) is 2. The Morgan fingerprint density at radius 1 is 0.544 bits per heavy atom. The van der Waals surface area contributed by atoms with Crippen molar-refractivity contribution in [3.05, 3.63) is 150 Å². The van der Waals surface area contributed by atoms with Crippen LogP contribution in [0.15, 0.2) is 138 Å². The van der Waals surface area contributed by atoms with Crippen LogP contribution in [0.5, 0.6) is 0 Å². The molecule has 0 N–H and O–H groups in total. The van der Waals surface area contributed by atoms with E-state index in [0.29, 0.717) is 0 Å². The molecule has 0 bridgehead atoms. The maximum absolute atomic E-state index is 6.70. The van der Waals surface area contributed by atoms with Gasteiger partial charge in [0.05, 0.1) is 11.0 Å². The van der Waals surface area contributed by atoms with Crippen molar-refractivity contribution in [3.63, 3.8) is 0 Å². The van der Waals surface area contributed by atoms with Gasteiger partial charge in [-0.25, -0.2) is 0 Å². The lowest BCUT2D eigenvalue weighted by atomic mass is 9.43. The highest BCUT2D eigenvalue weighted by Gasteiger charge is 2.47. The minimum absolute atomic E-state index is 0.0610. The molecule has 0 atom stereocenters. The van der Waals surface area contributed by atoms with E-state index in [1.165, 1.54) is 117 Å². The summed E-state index contributed by atoms with van der Waals surface area (Å²) in [7, 11) is 0. The summed E-state index contributed by atoms with van der Waals surface area (Å²) >= 11 is 0. The van der Waals surface area contributed by atoms with Crippen LogP contribution in [0.25, 0.3) is 82.1 Å². The van der Waals surface area contributed by atoms with Crippen LogP contribution < -0.4 is 15.7 Å². The number of anilines is 2. The third kappa shape index (κ3) is 3.98. The summed E-state index contributed by atoms with van der Waals surface area (Å²) in [4.78, 5) is 2.73. The third-order valence-electron chi connectivity index (χ3n) is 14.3. The van der Waals surface area contributed by atoms with Crippen LogP contribution in [0.4, 0.5) is 11.4 Å². The maximum Gasteiger partial charge on any atom is 0.333 e. The summed E-state index contributed by atoms with van der Waals surface area (Å²) in [6.07, 6.45) is 2.36. The van der Waals surface area contributed by atoms with Crippen molar-refractivity contribution in [1.29, 1.82) is 0 Å². The molecule has 2 aromatic heterocycles. The number of hydrogen-bond donors (Lipinski definition) is 0. The average Bonchev–Trinajstić information content (AvgIpc) is 3.76. The molecule has 3 nitrogen and oxygen atoms in total. The van der Waals surface area contributed by atoms with Gasteiger partial charge in [0.15, 0.2) is 0 Å². The number of aryl methyl sites for hydroxylation is 1. The van der Waals surface area contributed by atoms with E-state index in [9.17, 15) is 0 Å². The molecule has 10 aromatic rings. The second-order valence-corrected chi connectivity index (χ2v) is 18.4. The topological polar surface area (TPSA) is 21.3 Å². The Morgan fingerprint density at radius 2 is 1.23 bits per heavy atom. The Kier molecular flexibility index (Phi) is 5.91. The molecule has 0 saturated carbocycles. The van der Waals surface area contributed by atoms with Gasteiger partial charge in [-0.15, -0.1) is 0 Å². The Morgan fingerprint density at radius 3 is 2.04 bits per heavy atom. The Hall–Kier alpha value is -6.26. The van der Waals surface area contributed by atoms with Crippen molar-refractivity contribution in [2.24, 2.45) is 0 Å². The first-order chi connectivity index (χ1) is 27.7. The van der Waals surface area contributed by atoms with E-state index in [0.717, 1.165) is 16.6 Å². The molecule has 2 aliphatic heterocycles. The van der Waals surface area contributed by atoms with Crippen LogP contribution in [0.3, 0.4) is 0 Å². The monoisotopic (exact) mass is 732 g/mol. The standard InChI is InChI=1S/C53H41BN2O/c1-30-25-38-39(53(4,5)24-23-52(38,2)3)29-42(30)56-41-21-22-46-47(36-17-10-11-20-45(36)57-46)49(41)48-34-16-9-8-15-33(34)28-44-50(48)54(56)40-19-12-18-35-37-26-31-13-6-7-14-32(31)27-43(37)55(44)51(35)40/h6-22,25-29H,23-24H2,1-5H3. The molecule has 3 aliphatic rings. The zero-order valence-electron chi connectivity index (χ0n) is 33.0. The first-order valence-corrected chi connectivity index (χ1v) is 20.6. The molecular weight excluding hydrogens is 691 g/mol. The molecule has 272 valence electrons. The normalized spacial score (nSPS) is 16.2. The predicted octanol–water partition coefficient (Wildman–Crippen LogP) is 12.9. The van der Waals surface area contributed by atoms with Crippen molar-refractivity contribution in [2.45, 2.75) is 58.3 Å². The number of aromatic nitrogens is 1. The highest BCUT2D eigenvalue weighted by atomic mass is 16.3. The molecule has 0 fully saturated rings. The summed E-state index contributed by atoms with van der Waals surface area (Å²) in [6.45, 7) is 12.1. The lowest BCUT2D eigenvalue weighted by Crippen LogP contribution is -2.60. The summed E-state index contributed by atoms with van der Waals surface area (Å²) in [5.74, 6) is 0. The largest absolute Gasteiger partial charge is 0.456 e. The molecule has 0 unspecified atom stereocenters. The van der Waals surface area contributed by atoms with Crippen molar-refractivity contribution >= 4 is 94.4 Å². The van der Waals surface area contributed by atoms with Gasteiger partial charge >= 0.3 is 6.85 Å². The molecule has 8 aromatic carbocycles. The Labute approximate surface area is 332 Å². The summed E-state index contributed by atoms with van der Waals surface area (Å²) < 4.78 is 9.31. The van der Waals surface area contributed by atoms with E-state index < -0.39 is 0 Å². The summed E-state index contributed by atoms with van der Waals surface area (Å²) in [6, 6.07) is 50.5. The Balaban J connectivity index is 1.26. The fourth-order valence-electron chi connectivity index (χ4n) is 11.4. The summed E-state index contributed by atoms with van der Waals surface area (Å²) in [5, 5.41) is 10.0. The molecular formula is C53H41BN2O. The SMILES string of the molecule is Cc1cc2c(cc1N1B3c4c(cc5ccccc5c4-c4c1ccc1oc5ccccc5c41)-n1c4cc5ccccc5cc4c4cccc3c41)C(C)(C)CCC2(C)C. The highest BCUT2D eigenvalue weighted by Crippen LogP contribution is 2.54. The lowest BCUT2D eigenvalue weighted by molar-refractivity contribution is 0.332. The van der Waals surface area contributed by atoms with E-state index >= 15 is 0 Å². The third-order valence-corrected chi connectivity index (χ3v) is 14.3. The molecule has 1 aliphatic carbocycles. The van der Waals surface area contributed by atoms with Gasteiger partial charge in [-0.3, -0.25) is 0 Å². The van der Waals surface area contributed by atoms with Crippen molar-refractivity contribution < 1.29 is 4.42 Å². The van der Waals surface area contributed by atoms with E-state index in [2.05, 4.69) is 177 Å². The van der Waals surface area contributed by atoms with Gasteiger partial charge in [-0.05, 0) is 128 Å². The predicted molar refractivity (Wildman–Crippen MR) is 242 cm³/mol. The van der Waals surface area contributed by atoms with Crippen LogP contribution in [0, 0.1) is 6.92 Å². The van der Waals surface area contributed by atoms with Gasteiger partial charge in [0.1, 0.15) is 11.2 Å². The number of fused-ring (bicyclic) bond motifs is 15. The van der Waals surface area contributed by atoms with Gasteiger partial charge in [-0.2, -0.15) is 0 Å². The van der Waals surface area contributed by atoms with E-state index in [-0.39, 0.29) is 17.7 Å². The average molecular weight is 733 g/mol. The molecule has 4 heterocycles. The van der Waals surface area contributed by atoms with Gasteiger partial charge in [0.25, 0.3) is 0 Å². The van der Waals surface area contributed by atoms with Crippen molar-refractivity contribution in [1.82, 2.24) is 4.57 Å². The smallest absolute Gasteiger partial charge is 0.333 e. The second kappa shape index (κ2) is 10.6. The minimum atomic E-state index is -0.0610. The maximum atomic E-state index is 6.70. The number of nitrogens with zero attached hydrogens (tertiary/aromatic N) is 2. The molecule has 0 saturated heterocycles. The van der Waals surface area contributed by atoms with Crippen LogP contribution in [-0.4, -0.2) is 11.4 Å². The first-order valence-electron chi connectivity index (χ1n) is 20.6. The quantitative estimate of drug-likeness (QED) is 0.157. The van der Waals surface area contributed by atoms with Gasteiger partial charge in [-0.1, -0.05) is 119 Å². The molecule has 0 radical (unpaired) electrons. The minimum Gasteiger partial charge on any atom is -0.456 e. The van der Waals surface area contributed by atoms with Crippen LogP contribution >= 0.6 is 0 Å². The van der Waals surface area contributed by atoms with Gasteiger partial charge in [0, 0.05) is 44.2 Å². The number of rotatable bonds is 1. The molecule has 0 amide bonds. The van der Waals surface area contributed by atoms with Crippen molar-refractivity contribution in [2.75, 3.05) is 4.81 Å².